The molecule has 0 radical (unpaired) electrons. The molecule has 6 nitrogen and oxygen atoms in total. The zero-order chi connectivity index (χ0) is 19.8. The molecule has 0 aliphatic carbocycles. The van der Waals surface area contributed by atoms with Gasteiger partial charge in [0, 0.05) is 51.1 Å². The van der Waals surface area contributed by atoms with Crippen LogP contribution < -0.4 is 10.1 Å². The summed E-state index contributed by atoms with van der Waals surface area (Å²) in [6, 6.07) is 15.3. The average molecular weight is 383 g/mol. The number of piperazine rings is 1. The van der Waals surface area contributed by atoms with Crippen molar-refractivity contribution in [3.05, 3.63) is 59.7 Å². The van der Waals surface area contributed by atoms with Crippen molar-refractivity contribution in [2.45, 2.75) is 6.54 Å². The Morgan fingerprint density at radius 1 is 1.04 bits per heavy atom. The largest absolute Gasteiger partial charge is 0.491 e. The molecule has 1 saturated heterocycles. The number of carbonyl (C=O) groups is 1. The molecule has 0 aromatic heterocycles. The molecule has 0 atom stereocenters. The van der Waals surface area contributed by atoms with Gasteiger partial charge in [0.05, 0.1) is 6.61 Å². The molecule has 2 aromatic rings. The Hall–Kier alpha value is -2.41. The van der Waals surface area contributed by atoms with Gasteiger partial charge in [0.15, 0.2) is 0 Å². The third kappa shape index (κ3) is 6.05. The van der Waals surface area contributed by atoms with Crippen molar-refractivity contribution in [2.24, 2.45) is 0 Å². The minimum absolute atomic E-state index is 0.145. The first-order valence-corrected chi connectivity index (χ1v) is 9.67. The van der Waals surface area contributed by atoms with Crippen LogP contribution in [0.15, 0.2) is 48.5 Å². The fourth-order valence-electron chi connectivity index (χ4n) is 3.18. The Balaban J connectivity index is 1.59. The fourth-order valence-corrected chi connectivity index (χ4v) is 3.18. The summed E-state index contributed by atoms with van der Waals surface area (Å²) >= 11 is 0. The van der Waals surface area contributed by atoms with E-state index in [-0.39, 0.29) is 5.91 Å². The summed E-state index contributed by atoms with van der Waals surface area (Å²) in [6.45, 7) is 6.21. The van der Waals surface area contributed by atoms with Gasteiger partial charge < -0.3 is 19.7 Å². The number of ether oxygens (including phenoxy) is 2. The highest BCUT2D eigenvalue weighted by Crippen LogP contribution is 2.17. The molecule has 0 bridgehead atoms. The maximum atomic E-state index is 12.6. The van der Waals surface area contributed by atoms with E-state index in [4.69, 9.17) is 9.47 Å². The number of likely N-dealkylation sites (N-methyl/N-ethyl adjacent to an activating group) is 1. The minimum atomic E-state index is -0.145. The van der Waals surface area contributed by atoms with Crippen LogP contribution in [0.5, 0.6) is 5.75 Å². The van der Waals surface area contributed by atoms with E-state index >= 15 is 0 Å². The second kappa shape index (κ2) is 10.2. The third-order valence-corrected chi connectivity index (χ3v) is 4.84. The van der Waals surface area contributed by atoms with E-state index in [1.165, 1.54) is 5.56 Å². The molecule has 0 spiro atoms. The molecule has 1 amide bonds. The Labute approximate surface area is 167 Å². The van der Waals surface area contributed by atoms with Gasteiger partial charge in [0.1, 0.15) is 12.4 Å². The number of nitrogens with zero attached hydrogens (tertiary/aromatic N) is 2. The molecule has 6 heteroatoms. The van der Waals surface area contributed by atoms with Gasteiger partial charge in [-0.2, -0.15) is 0 Å². The summed E-state index contributed by atoms with van der Waals surface area (Å²) in [7, 11) is 3.79. The summed E-state index contributed by atoms with van der Waals surface area (Å²) < 4.78 is 10.6. The molecular formula is C22H29N3O3. The molecule has 0 unspecified atom stereocenters. The lowest BCUT2D eigenvalue weighted by atomic mass is 10.1. The molecule has 1 N–H and O–H groups in total. The van der Waals surface area contributed by atoms with Crippen molar-refractivity contribution in [3.8, 4) is 5.75 Å². The number of nitrogens with one attached hydrogen (secondary N) is 1. The van der Waals surface area contributed by atoms with E-state index in [1.807, 2.05) is 24.3 Å². The van der Waals surface area contributed by atoms with Crippen LogP contribution in [0.2, 0.25) is 0 Å². The van der Waals surface area contributed by atoms with Crippen molar-refractivity contribution >= 4 is 11.6 Å². The zero-order valence-corrected chi connectivity index (χ0v) is 16.7. The molecule has 0 saturated carbocycles. The topological polar surface area (TPSA) is 54.0 Å². The fraction of sp³-hybridized carbons (Fsp3) is 0.409. The first kappa shape index (κ1) is 20.3. The molecule has 3 rings (SSSR count). The standard InChI is InChI=1S/C22H29N3O3/c1-24-9-11-25(12-10-24)17-18-5-3-7-20(15-18)23-22(26)19-6-4-8-21(16-19)28-14-13-27-2/h3-8,15-16H,9-14,17H2,1-2H3,(H,23,26). The van der Waals surface area contributed by atoms with Gasteiger partial charge in [-0.3, -0.25) is 9.69 Å². The van der Waals surface area contributed by atoms with Crippen LogP contribution in [0.4, 0.5) is 5.69 Å². The van der Waals surface area contributed by atoms with Crippen LogP contribution in [-0.2, 0) is 11.3 Å². The molecule has 28 heavy (non-hydrogen) atoms. The van der Waals surface area contributed by atoms with E-state index < -0.39 is 0 Å². The molecule has 150 valence electrons. The van der Waals surface area contributed by atoms with E-state index in [0.29, 0.717) is 24.5 Å². The highest BCUT2D eigenvalue weighted by Gasteiger charge is 2.14. The summed E-state index contributed by atoms with van der Waals surface area (Å²) in [5, 5.41) is 2.99. The second-order valence-corrected chi connectivity index (χ2v) is 7.10. The van der Waals surface area contributed by atoms with Crippen molar-refractivity contribution in [1.29, 1.82) is 0 Å². The van der Waals surface area contributed by atoms with E-state index in [2.05, 4.69) is 34.3 Å². The molecule has 1 aliphatic heterocycles. The first-order chi connectivity index (χ1) is 13.6. The summed E-state index contributed by atoms with van der Waals surface area (Å²) in [5.74, 6) is 0.516. The van der Waals surface area contributed by atoms with Crippen LogP contribution in [-0.4, -0.2) is 69.3 Å². The Morgan fingerprint density at radius 3 is 2.61 bits per heavy atom. The predicted octanol–water partition coefficient (Wildman–Crippen LogP) is 2.71. The molecule has 1 heterocycles. The Bertz CT molecular complexity index is 773. The number of hydrogen-bond acceptors (Lipinski definition) is 5. The lowest BCUT2D eigenvalue weighted by Gasteiger charge is -2.32. The lowest BCUT2D eigenvalue weighted by molar-refractivity contribution is 0.102. The molecule has 2 aromatic carbocycles. The molecule has 1 aliphatic rings. The maximum Gasteiger partial charge on any atom is 0.255 e. The van der Waals surface area contributed by atoms with Gasteiger partial charge in [-0.15, -0.1) is 0 Å². The van der Waals surface area contributed by atoms with Crippen molar-refractivity contribution in [3.63, 3.8) is 0 Å². The van der Waals surface area contributed by atoms with Crippen LogP contribution in [0.3, 0.4) is 0 Å². The monoisotopic (exact) mass is 383 g/mol. The predicted molar refractivity (Wildman–Crippen MR) is 111 cm³/mol. The highest BCUT2D eigenvalue weighted by atomic mass is 16.5. The number of rotatable bonds is 8. The second-order valence-electron chi connectivity index (χ2n) is 7.10. The number of methoxy groups -OCH3 is 1. The quantitative estimate of drug-likeness (QED) is 0.711. The number of amides is 1. The average Bonchev–Trinajstić information content (AvgIpc) is 2.70. The zero-order valence-electron chi connectivity index (χ0n) is 16.7. The highest BCUT2D eigenvalue weighted by molar-refractivity contribution is 6.04. The minimum Gasteiger partial charge on any atom is -0.491 e. The lowest BCUT2D eigenvalue weighted by Crippen LogP contribution is -2.43. The maximum absolute atomic E-state index is 12.6. The molecule has 1 fully saturated rings. The van der Waals surface area contributed by atoms with Crippen molar-refractivity contribution in [1.82, 2.24) is 9.80 Å². The van der Waals surface area contributed by atoms with Gasteiger partial charge >= 0.3 is 0 Å². The Kier molecular flexibility index (Phi) is 7.42. The van der Waals surface area contributed by atoms with Crippen LogP contribution >= 0.6 is 0 Å². The van der Waals surface area contributed by atoms with Gasteiger partial charge in [0.25, 0.3) is 5.91 Å². The number of anilines is 1. The smallest absolute Gasteiger partial charge is 0.255 e. The number of hydrogen-bond donors (Lipinski definition) is 1. The molecular weight excluding hydrogens is 354 g/mol. The third-order valence-electron chi connectivity index (χ3n) is 4.84. The Morgan fingerprint density at radius 2 is 1.82 bits per heavy atom. The van der Waals surface area contributed by atoms with Crippen molar-refractivity contribution < 1.29 is 14.3 Å². The van der Waals surface area contributed by atoms with Crippen LogP contribution in [0.25, 0.3) is 0 Å². The van der Waals surface area contributed by atoms with Crippen LogP contribution in [0, 0.1) is 0 Å². The van der Waals surface area contributed by atoms with E-state index in [9.17, 15) is 4.79 Å². The van der Waals surface area contributed by atoms with Gasteiger partial charge in [-0.1, -0.05) is 18.2 Å². The number of carbonyl (C=O) groups excluding carboxylic acids is 1. The van der Waals surface area contributed by atoms with Gasteiger partial charge in [0.2, 0.25) is 0 Å². The summed E-state index contributed by atoms with van der Waals surface area (Å²) in [6.07, 6.45) is 0. The summed E-state index contributed by atoms with van der Waals surface area (Å²) in [4.78, 5) is 17.4. The normalized spacial score (nSPS) is 15.4. The SMILES string of the molecule is COCCOc1cccc(C(=O)Nc2cccc(CN3CCN(C)CC3)c2)c1. The van der Waals surface area contributed by atoms with Gasteiger partial charge in [-0.25, -0.2) is 0 Å². The van der Waals surface area contributed by atoms with Gasteiger partial charge in [-0.05, 0) is 42.9 Å². The summed E-state index contributed by atoms with van der Waals surface area (Å²) in [5.41, 5.74) is 2.58. The van der Waals surface area contributed by atoms with E-state index in [1.54, 1.807) is 19.2 Å². The van der Waals surface area contributed by atoms with E-state index in [0.717, 1.165) is 38.4 Å². The first-order valence-electron chi connectivity index (χ1n) is 9.67. The van der Waals surface area contributed by atoms with Crippen molar-refractivity contribution in [2.75, 3.05) is 58.9 Å². The number of benzene rings is 2. The van der Waals surface area contributed by atoms with Crippen LogP contribution in [0.1, 0.15) is 15.9 Å².